The maximum atomic E-state index is 4.62. The summed E-state index contributed by atoms with van der Waals surface area (Å²) in [7, 11) is 0. The van der Waals surface area contributed by atoms with Gasteiger partial charge in [-0.15, -0.1) is 24.0 Å². The van der Waals surface area contributed by atoms with Crippen LogP contribution in [0.3, 0.4) is 0 Å². The number of thiol groups is 1. The second kappa shape index (κ2) is 8.38. The molecule has 0 bridgehead atoms. The third kappa shape index (κ3) is 4.40. The van der Waals surface area contributed by atoms with E-state index in [2.05, 4.69) is 105 Å². The minimum atomic E-state index is 1.02. The van der Waals surface area contributed by atoms with Crippen LogP contribution >= 0.6 is 24.0 Å². The zero-order valence-electron chi connectivity index (χ0n) is 16.3. The highest BCUT2D eigenvalue weighted by atomic mass is 32.1. The van der Waals surface area contributed by atoms with E-state index in [4.69, 9.17) is 0 Å². The highest BCUT2D eigenvalue weighted by Crippen LogP contribution is 2.34. The Morgan fingerprint density at radius 1 is 0.643 bits per heavy atom. The van der Waals surface area contributed by atoms with Gasteiger partial charge in [0.05, 0.1) is 0 Å². The average molecular weight is 401 g/mol. The molecule has 0 atom stereocenters. The number of hydrogen-bond acceptors (Lipinski definition) is 2. The molecule has 0 nitrogen and oxygen atoms in total. The SMILES string of the molecule is Cc1ccc(-c2ccc(-c3ccc(CCc4ccc(C)cc4S)cc3)s2)cc1. The molecule has 0 N–H and O–H groups in total. The molecular formula is C26H24S2. The number of rotatable bonds is 5. The minimum absolute atomic E-state index is 1.02. The molecule has 1 aromatic heterocycles. The van der Waals surface area contributed by atoms with Crippen LogP contribution in [-0.4, -0.2) is 0 Å². The molecule has 0 aliphatic heterocycles. The Hall–Kier alpha value is -2.29. The van der Waals surface area contributed by atoms with E-state index in [-0.39, 0.29) is 0 Å². The van der Waals surface area contributed by atoms with Gasteiger partial charge in [-0.05, 0) is 67.1 Å². The number of aryl methyl sites for hydroxylation is 4. The molecule has 0 saturated carbocycles. The Morgan fingerprint density at radius 2 is 1.21 bits per heavy atom. The highest BCUT2D eigenvalue weighted by Gasteiger charge is 2.06. The van der Waals surface area contributed by atoms with Gasteiger partial charge in [-0.1, -0.05) is 71.8 Å². The summed E-state index contributed by atoms with van der Waals surface area (Å²) in [6.07, 6.45) is 2.06. The molecule has 4 rings (SSSR count). The van der Waals surface area contributed by atoms with Crippen molar-refractivity contribution in [3.05, 3.63) is 101 Å². The van der Waals surface area contributed by atoms with E-state index < -0.39 is 0 Å². The maximum Gasteiger partial charge on any atom is 0.0349 e. The molecule has 0 saturated heterocycles. The lowest BCUT2D eigenvalue weighted by Crippen LogP contribution is -1.93. The van der Waals surface area contributed by atoms with Crippen molar-refractivity contribution < 1.29 is 0 Å². The van der Waals surface area contributed by atoms with Crippen molar-refractivity contribution in [2.75, 3.05) is 0 Å². The highest BCUT2D eigenvalue weighted by molar-refractivity contribution is 7.80. The fourth-order valence-corrected chi connectivity index (χ4v) is 4.77. The molecule has 140 valence electrons. The van der Waals surface area contributed by atoms with E-state index in [9.17, 15) is 0 Å². The van der Waals surface area contributed by atoms with E-state index in [1.165, 1.54) is 43.1 Å². The van der Waals surface area contributed by atoms with Crippen LogP contribution in [0.4, 0.5) is 0 Å². The predicted octanol–water partition coefficient (Wildman–Crippen LogP) is 7.77. The van der Waals surface area contributed by atoms with Gasteiger partial charge in [-0.3, -0.25) is 0 Å². The maximum absolute atomic E-state index is 4.62. The van der Waals surface area contributed by atoms with Crippen LogP contribution in [0.5, 0.6) is 0 Å². The summed E-state index contributed by atoms with van der Waals surface area (Å²) in [6.45, 7) is 4.23. The first-order valence-electron chi connectivity index (χ1n) is 9.63. The summed E-state index contributed by atoms with van der Waals surface area (Å²) < 4.78 is 0. The fourth-order valence-electron chi connectivity index (χ4n) is 3.37. The van der Waals surface area contributed by atoms with Gasteiger partial charge >= 0.3 is 0 Å². The standard InChI is InChI=1S/C26H24S2/c1-18-3-10-22(11-4-18)25-15-16-26(28-25)23-13-7-20(8-14-23)6-12-21-9-5-19(2)17-24(21)27/h3-5,7-11,13-17,27H,6,12H2,1-2H3. The zero-order chi connectivity index (χ0) is 19.5. The summed E-state index contributed by atoms with van der Waals surface area (Å²) in [4.78, 5) is 3.73. The van der Waals surface area contributed by atoms with E-state index >= 15 is 0 Å². The Kier molecular flexibility index (Phi) is 5.70. The summed E-state index contributed by atoms with van der Waals surface area (Å²) in [5.41, 5.74) is 7.83. The summed E-state index contributed by atoms with van der Waals surface area (Å²) in [5.74, 6) is 0. The van der Waals surface area contributed by atoms with E-state index in [0.717, 1.165) is 17.7 Å². The van der Waals surface area contributed by atoms with Crippen molar-refractivity contribution in [1.82, 2.24) is 0 Å². The molecule has 2 heteroatoms. The predicted molar refractivity (Wildman–Crippen MR) is 126 cm³/mol. The van der Waals surface area contributed by atoms with Crippen LogP contribution in [0, 0.1) is 13.8 Å². The molecule has 0 aliphatic rings. The van der Waals surface area contributed by atoms with E-state index in [1.54, 1.807) is 0 Å². The molecule has 28 heavy (non-hydrogen) atoms. The van der Waals surface area contributed by atoms with E-state index in [1.807, 2.05) is 11.3 Å². The van der Waals surface area contributed by atoms with Crippen molar-refractivity contribution in [2.45, 2.75) is 31.6 Å². The summed E-state index contributed by atoms with van der Waals surface area (Å²) in [6, 6.07) is 28.7. The molecule has 4 aromatic rings. The van der Waals surface area contributed by atoms with Crippen LogP contribution in [0.25, 0.3) is 20.9 Å². The van der Waals surface area contributed by atoms with Crippen molar-refractivity contribution in [3.63, 3.8) is 0 Å². The van der Waals surface area contributed by atoms with Gasteiger partial charge in [0.2, 0.25) is 0 Å². The van der Waals surface area contributed by atoms with Crippen LogP contribution in [-0.2, 0) is 12.8 Å². The average Bonchev–Trinajstić information content (AvgIpc) is 3.18. The van der Waals surface area contributed by atoms with Crippen LogP contribution in [0.15, 0.2) is 83.8 Å². The first-order chi connectivity index (χ1) is 13.6. The molecule has 0 fully saturated rings. The molecule has 0 amide bonds. The fraction of sp³-hybridized carbons (Fsp3) is 0.154. The first-order valence-corrected chi connectivity index (χ1v) is 10.9. The van der Waals surface area contributed by atoms with Crippen molar-refractivity contribution in [1.29, 1.82) is 0 Å². The van der Waals surface area contributed by atoms with Gasteiger partial charge < -0.3 is 0 Å². The topological polar surface area (TPSA) is 0 Å². The quantitative estimate of drug-likeness (QED) is 0.325. The Labute approximate surface area is 177 Å². The molecule has 1 heterocycles. The van der Waals surface area contributed by atoms with Gasteiger partial charge in [0, 0.05) is 14.6 Å². The monoisotopic (exact) mass is 400 g/mol. The van der Waals surface area contributed by atoms with Crippen LogP contribution < -0.4 is 0 Å². The van der Waals surface area contributed by atoms with Crippen molar-refractivity contribution >= 4 is 24.0 Å². The van der Waals surface area contributed by atoms with Gasteiger partial charge in [0.25, 0.3) is 0 Å². The molecule has 0 radical (unpaired) electrons. The van der Waals surface area contributed by atoms with Crippen molar-refractivity contribution in [3.8, 4) is 20.9 Å². The second-order valence-corrected chi connectivity index (χ2v) is 8.92. The van der Waals surface area contributed by atoms with Crippen molar-refractivity contribution in [2.24, 2.45) is 0 Å². The lowest BCUT2D eigenvalue weighted by atomic mass is 10.0. The van der Waals surface area contributed by atoms with Gasteiger partial charge in [-0.2, -0.15) is 0 Å². The molecule has 3 aromatic carbocycles. The first kappa shape index (κ1) is 19.0. The summed E-state index contributed by atoms with van der Waals surface area (Å²) in [5, 5.41) is 0. The molecular weight excluding hydrogens is 376 g/mol. The normalized spacial score (nSPS) is 11.0. The zero-order valence-corrected chi connectivity index (χ0v) is 18.0. The molecule has 0 unspecified atom stereocenters. The second-order valence-electron chi connectivity index (χ2n) is 7.36. The van der Waals surface area contributed by atoms with Gasteiger partial charge in [0.1, 0.15) is 0 Å². The Morgan fingerprint density at radius 3 is 1.82 bits per heavy atom. The number of thiophene rings is 1. The Balaban J connectivity index is 1.45. The largest absolute Gasteiger partial charge is 0.143 e. The van der Waals surface area contributed by atoms with Gasteiger partial charge in [0.15, 0.2) is 0 Å². The van der Waals surface area contributed by atoms with Crippen LogP contribution in [0.1, 0.15) is 22.3 Å². The lowest BCUT2D eigenvalue weighted by Gasteiger charge is -2.07. The third-order valence-corrected chi connectivity index (χ3v) is 6.70. The molecule has 0 spiro atoms. The van der Waals surface area contributed by atoms with Crippen LogP contribution in [0.2, 0.25) is 0 Å². The molecule has 0 aliphatic carbocycles. The van der Waals surface area contributed by atoms with Gasteiger partial charge in [-0.25, -0.2) is 0 Å². The number of benzene rings is 3. The lowest BCUT2D eigenvalue weighted by molar-refractivity contribution is 0.934. The smallest absolute Gasteiger partial charge is 0.0349 e. The third-order valence-electron chi connectivity index (χ3n) is 5.10. The van der Waals surface area contributed by atoms with E-state index in [0.29, 0.717) is 0 Å². The Bertz CT molecular complexity index is 1070. The minimum Gasteiger partial charge on any atom is -0.143 e. The summed E-state index contributed by atoms with van der Waals surface area (Å²) >= 11 is 6.47. The number of hydrogen-bond donors (Lipinski definition) is 1.